The Morgan fingerprint density at radius 3 is 2.40 bits per heavy atom. The minimum Gasteiger partial charge on any atom is -0.369 e. The van der Waals surface area contributed by atoms with Crippen molar-refractivity contribution in [2.24, 2.45) is 0 Å². The zero-order chi connectivity index (χ0) is 21.2. The molecule has 3 rings (SSSR count). The fourth-order valence-corrected chi connectivity index (χ4v) is 3.83. The molecule has 0 aliphatic carbocycles. The largest absolute Gasteiger partial charge is 0.369 e. The first-order chi connectivity index (χ1) is 14.6. The summed E-state index contributed by atoms with van der Waals surface area (Å²) in [6.45, 7) is 8.19. The second-order valence-electron chi connectivity index (χ2n) is 8.01. The average molecular weight is 408 g/mol. The standard InChI is InChI=1S/C25H33N3O2/c1-21-8-7-11-23(20-21)28-18-16-27(17-19-28)15-6-5-14-26-25(30)13-12-24(29)22-9-3-2-4-10-22/h2-4,7-11,20H,5-6,12-19H2,1H3,(H,26,30). The van der Waals surface area contributed by atoms with Gasteiger partial charge in [-0.25, -0.2) is 0 Å². The first-order valence-electron chi connectivity index (χ1n) is 11.0. The molecule has 2 aromatic rings. The number of hydrogen-bond donors (Lipinski definition) is 1. The van der Waals surface area contributed by atoms with Crippen LogP contribution in [0, 0.1) is 6.92 Å². The van der Waals surface area contributed by atoms with Gasteiger partial charge in [-0.1, -0.05) is 42.5 Å². The highest BCUT2D eigenvalue weighted by Gasteiger charge is 2.16. The van der Waals surface area contributed by atoms with Gasteiger partial charge in [-0.15, -0.1) is 0 Å². The predicted octanol–water partition coefficient (Wildman–Crippen LogP) is 3.68. The summed E-state index contributed by atoms with van der Waals surface area (Å²) in [5.41, 5.74) is 3.30. The molecule has 2 aromatic carbocycles. The molecule has 1 saturated heterocycles. The van der Waals surface area contributed by atoms with Crippen molar-refractivity contribution in [3.63, 3.8) is 0 Å². The van der Waals surface area contributed by atoms with E-state index in [1.807, 2.05) is 18.2 Å². The molecule has 1 aliphatic heterocycles. The Hall–Kier alpha value is -2.66. The Morgan fingerprint density at radius 2 is 1.67 bits per heavy atom. The molecule has 0 atom stereocenters. The number of amides is 1. The van der Waals surface area contributed by atoms with Crippen LogP contribution in [0.4, 0.5) is 5.69 Å². The van der Waals surface area contributed by atoms with Gasteiger partial charge >= 0.3 is 0 Å². The van der Waals surface area contributed by atoms with Gasteiger partial charge in [0.05, 0.1) is 0 Å². The lowest BCUT2D eigenvalue weighted by molar-refractivity contribution is -0.121. The van der Waals surface area contributed by atoms with Gasteiger partial charge in [-0.05, 0) is 44.0 Å². The highest BCUT2D eigenvalue weighted by molar-refractivity contribution is 5.97. The zero-order valence-electron chi connectivity index (χ0n) is 18.0. The molecule has 0 bridgehead atoms. The molecule has 0 spiro atoms. The molecule has 5 nitrogen and oxygen atoms in total. The monoisotopic (exact) mass is 407 g/mol. The number of ketones is 1. The van der Waals surface area contributed by atoms with Crippen LogP contribution in [0.25, 0.3) is 0 Å². The second kappa shape index (κ2) is 11.5. The number of carbonyl (C=O) groups is 2. The smallest absolute Gasteiger partial charge is 0.220 e. The number of benzene rings is 2. The van der Waals surface area contributed by atoms with Crippen LogP contribution in [0.15, 0.2) is 54.6 Å². The number of carbonyl (C=O) groups excluding carboxylic acids is 2. The third-order valence-corrected chi connectivity index (χ3v) is 5.64. The van der Waals surface area contributed by atoms with E-state index < -0.39 is 0 Å². The Bertz CT molecular complexity index is 814. The molecule has 1 amide bonds. The highest BCUT2D eigenvalue weighted by Crippen LogP contribution is 2.17. The summed E-state index contributed by atoms with van der Waals surface area (Å²) in [7, 11) is 0. The van der Waals surface area contributed by atoms with Crippen LogP contribution >= 0.6 is 0 Å². The number of unbranched alkanes of at least 4 members (excludes halogenated alkanes) is 1. The Kier molecular flexibility index (Phi) is 8.45. The molecule has 30 heavy (non-hydrogen) atoms. The summed E-state index contributed by atoms with van der Waals surface area (Å²) < 4.78 is 0. The number of Topliss-reactive ketones (excluding diaryl/α,β-unsaturated/α-hetero) is 1. The van der Waals surface area contributed by atoms with Gasteiger partial charge in [0.25, 0.3) is 0 Å². The van der Waals surface area contributed by atoms with Gasteiger partial charge < -0.3 is 10.2 Å². The van der Waals surface area contributed by atoms with Gasteiger partial charge in [0.15, 0.2) is 5.78 Å². The van der Waals surface area contributed by atoms with Crippen molar-refractivity contribution in [2.75, 3.05) is 44.2 Å². The van der Waals surface area contributed by atoms with Crippen LogP contribution in [0.3, 0.4) is 0 Å². The molecule has 1 aliphatic rings. The predicted molar refractivity (Wildman–Crippen MR) is 122 cm³/mol. The SMILES string of the molecule is Cc1cccc(N2CCN(CCCCNC(=O)CCC(=O)c3ccccc3)CC2)c1. The van der Waals surface area contributed by atoms with E-state index in [9.17, 15) is 9.59 Å². The Balaban J connectivity index is 1.24. The molecule has 1 N–H and O–H groups in total. The molecule has 160 valence electrons. The van der Waals surface area contributed by atoms with Crippen molar-refractivity contribution in [3.8, 4) is 0 Å². The van der Waals surface area contributed by atoms with Crippen LogP contribution in [0.2, 0.25) is 0 Å². The summed E-state index contributed by atoms with van der Waals surface area (Å²) in [6, 6.07) is 17.9. The lowest BCUT2D eigenvalue weighted by Gasteiger charge is -2.36. The van der Waals surface area contributed by atoms with E-state index in [1.165, 1.54) is 11.3 Å². The fourth-order valence-electron chi connectivity index (χ4n) is 3.83. The number of nitrogens with one attached hydrogen (secondary N) is 1. The first kappa shape index (κ1) is 22.0. The number of aryl methyl sites for hydroxylation is 1. The Labute approximate surface area is 180 Å². The lowest BCUT2D eigenvalue weighted by atomic mass is 10.1. The number of piperazine rings is 1. The summed E-state index contributed by atoms with van der Waals surface area (Å²) in [4.78, 5) is 29.0. The molecule has 0 saturated carbocycles. The molecular formula is C25H33N3O2. The molecule has 1 fully saturated rings. The van der Waals surface area contributed by atoms with E-state index >= 15 is 0 Å². The minimum atomic E-state index is -0.0361. The maximum Gasteiger partial charge on any atom is 0.220 e. The van der Waals surface area contributed by atoms with Crippen molar-refractivity contribution in [3.05, 3.63) is 65.7 Å². The number of nitrogens with zero attached hydrogens (tertiary/aromatic N) is 2. The minimum absolute atomic E-state index is 0.0237. The Morgan fingerprint density at radius 1 is 0.900 bits per heavy atom. The van der Waals surface area contributed by atoms with Crippen molar-refractivity contribution in [1.82, 2.24) is 10.2 Å². The molecule has 0 unspecified atom stereocenters. The van der Waals surface area contributed by atoms with Crippen LogP contribution in [-0.2, 0) is 4.79 Å². The van der Waals surface area contributed by atoms with Crippen molar-refractivity contribution in [2.45, 2.75) is 32.6 Å². The average Bonchev–Trinajstić information content (AvgIpc) is 2.78. The summed E-state index contributed by atoms with van der Waals surface area (Å²) >= 11 is 0. The third kappa shape index (κ3) is 6.99. The summed E-state index contributed by atoms with van der Waals surface area (Å²) in [5.74, 6) is -0.0124. The molecule has 0 radical (unpaired) electrons. The fraction of sp³-hybridized carbons (Fsp3) is 0.440. The van der Waals surface area contributed by atoms with E-state index in [0.29, 0.717) is 12.1 Å². The van der Waals surface area contributed by atoms with Gasteiger partial charge in [0.1, 0.15) is 0 Å². The van der Waals surface area contributed by atoms with Crippen LogP contribution in [0.5, 0.6) is 0 Å². The molecular weight excluding hydrogens is 374 g/mol. The summed E-state index contributed by atoms with van der Waals surface area (Å²) in [5, 5.41) is 2.94. The van der Waals surface area contributed by atoms with E-state index in [0.717, 1.165) is 45.6 Å². The molecule has 1 heterocycles. The number of anilines is 1. The molecule has 5 heteroatoms. The highest BCUT2D eigenvalue weighted by atomic mass is 16.2. The maximum atomic E-state index is 12.0. The number of hydrogen-bond acceptors (Lipinski definition) is 4. The topological polar surface area (TPSA) is 52.6 Å². The second-order valence-corrected chi connectivity index (χ2v) is 8.01. The van der Waals surface area contributed by atoms with Gasteiger partial charge in [-0.2, -0.15) is 0 Å². The summed E-state index contributed by atoms with van der Waals surface area (Å²) in [6.07, 6.45) is 2.57. The quantitative estimate of drug-likeness (QED) is 0.482. The van der Waals surface area contributed by atoms with Gasteiger partial charge in [-0.3, -0.25) is 14.5 Å². The zero-order valence-corrected chi connectivity index (χ0v) is 18.0. The number of rotatable bonds is 10. The molecule has 0 aromatic heterocycles. The van der Waals surface area contributed by atoms with Crippen molar-refractivity contribution < 1.29 is 9.59 Å². The van der Waals surface area contributed by atoms with Crippen LogP contribution in [-0.4, -0.2) is 55.9 Å². The van der Waals surface area contributed by atoms with E-state index in [1.54, 1.807) is 12.1 Å². The lowest BCUT2D eigenvalue weighted by Crippen LogP contribution is -2.46. The van der Waals surface area contributed by atoms with E-state index in [2.05, 4.69) is 46.3 Å². The van der Waals surface area contributed by atoms with Crippen molar-refractivity contribution >= 4 is 17.4 Å². The van der Waals surface area contributed by atoms with E-state index in [4.69, 9.17) is 0 Å². The van der Waals surface area contributed by atoms with Crippen LogP contribution in [0.1, 0.15) is 41.6 Å². The first-order valence-corrected chi connectivity index (χ1v) is 11.0. The third-order valence-electron chi connectivity index (χ3n) is 5.64. The van der Waals surface area contributed by atoms with Gasteiger partial charge in [0, 0.05) is 56.8 Å². The van der Waals surface area contributed by atoms with Crippen LogP contribution < -0.4 is 10.2 Å². The van der Waals surface area contributed by atoms with E-state index in [-0.39, 0.29) is 24.5 Å². The maximum absolute atomic E-state index is 12.0. The normalized spacial score (nSPS) is 14.5. The van der Waals surface area contributed by atoms with Crippen molar-refractivity contribution in [1.29, 1.82) is 0 Å². The van der Waals surface area contributed by atoms with Gasteiger partial charge in [0.2, 0.25) is 5.91 Å².